The zero-order chi connectivity index (χ0) is 8.81. The summed E-state index contributed by atoms with van der Waals surface area (Å²) in [5.41, 5.74) is 0. The zero-order valence-electron chi connectivity index (χ0n) is 8.47. The Bertz CT molecular complexity index is 102. The Hall–Kier alpha value is -0.0800. The lowest BCUT2D eigenvalue weighted by atomic mass is 10.1. The standard InChI is InChI=1S/C10H22N2/c1-3-12(4-2)10-6-5-8-11-9-7-10/h10-11H,3-9H2,1-2H3. The van der Waals surface area contributed by atoms with Crippen LogP contribution in [0.25, 0.3) is 0 Å². The van der Waals surface area contributed by atoms with Crippen molar-refractivity contribution in [2.75, 3.05) is 26.2 Å². The van der Waals surface area contributed by atoms with E-state index in [-0.39, 0.29) is 0 Å². The molecule has 1 aliphatic rings. The molecule has 0 saturated carbocycles. The Morgan fingerprint density at radius 3 is 2.58 bits per heavy atom. The van der Waals surface area contributed by atoms with E-state index in [9.17, 15) is 0 Å². The minimum atomic E-state index is 0.843. The first-order valence-corrected chi connectivity index (χ1v) is 5.33. The predicted molar refractivity (Wildman–Crippen MR) is 53.4 cm³/mol. The molecule has 1 heterocycles. The Morgan fingerprint density at radius 1 is 1.17 bits per heavy atom. The Kier molecular flexibility index (Phi) is 4.62. The fourth-order valence-corrected chi connectivity index (χ4v) is 2.11. The van der Waals surface area contributed by atoms with E-state index in [0.717, 1.165) is 6.04 Å². The number of nitrogens with one attached hydrogen (secondary N) is 1. The van der Waals surface area contributed by atoms with Gasteiger partial charge in [-0.2, -0.15) is 0 Å². The molecule has 1 unspecified atom stereocenters. The van der Waals surface area contributed by atoms with Gasteiger partial charge in [0.25, 0.3) is 0 Å². The average Bonchev–Trinajstić information content (AvgIpc) is 2.35. The highest BCUT2D eigenvalue weighted by Crippen LogP contribution is 2.12. The normalized spacial score (nSPS) is 25.8. The number of hydrogen-bond acceptors (Lipinski definition) is 2. The van der Waals surface area contributed by atoms with Gasteiger partial charge in [-0.15, -0.1) is 0 Å². The van der Waals surface area contributed by atoms with Crippen molar-refractivity contribution < 1.29 is 0 Å². The second kappa shape index (κ2) is 5.55. The molecule has 2 heteroatoms. The van der Waals surface area contributed by atoms with Gasteiger partial charge in [-0.05, 0) is 45.4 Å². The van der Waals surface area contributed by atoms with Crippen molar-refractivity contribution in [2.24, 2.45) is 0 Å². The fourth-order valence-electron chi connectivity index (χ4n) is 2.11. The quantitative estimate of drug-likeness (QED) is 0.690. The summed E-state index contributed by atoms with van der Waals surface area (Å²) >= 11 is 0. The molecule has 0 aromatic heterocycles. The molecule has 1 rings (SSSR count). The van der Waals surface area contributed by atoms with Gasteiger partial charge in [0.1, 0.15) is 0 Å². The molecule has 72 valence electrons. The van der Waals surface area contributed by atoms with Crippen LogP contribution in [-0.2, 0) is 0 Å². The van der Waals surface area contributed by atoms with E-state index in [1.165, 1.54) is 45.4 Å². The van der Waals surface area contributed by atoms with E-state index in [1.807, 2.05) is 0 Å². The molecule has 2 nitrogen and oxygen atoms in total. The van der Waals surface area contributed by atoms with Crippen molar-refractivity contribution >= 4 is 0 Å². The molecule has 1 N–H and O–H groups in total. The van der Waals surface area contributed by atoms with Crippen molar-refractivity contribution in [3.05, 3.63) is 0 Å². The third kappa shape index (κ3) is 2.76. The Labute approximate surface area is 76.3 Å². The Morgan fingerprint density at radius 2 is 1.92 bits per heavy atom. The number of rotatable bonds is 3. The van der Waals surface area contributed by atoms with Gasteiger partial charge in [-0.25, -0.2) is 0 Å². The maximum atomic E-state index is 3.45. The largest absolute Gasteiger partial charge is 0.317 e. The average molecular weight is 170 g/mol. The fraction of sp³-hybridized carbons (Fsp3) is 1.00. The number of hydrogen-bond donors (Lipinski definition) is 1. The van der Waals surface area contributed by atoms with Crippen molar-refractivity contribution in [1.82, 2.24) is 10.2 Å². The van der Waals surface area contributed by atoms with Crippen LogP contribution in [0.5, 0.6) is 0 Å². The molecule has 12 heavy (non-hydrogen) atoms. The highest BCUT2D eigenvalue weighted by atomic mass is 15.1. The molecule has 0 bridgehead atoms. The second-order valence-corrected chi connectivity index (χ2v) is 3.56. The molecule has 0 radical (unpaired) electrons. The van der Waals surface area contributed by atoms with E-state index < -0.39 is 0 Å². The van der Waals surface area contributed by atoms with Gasteiger partial charge < -0.3 is 10.2 Å². The highest BCUT2D eigenvalue weighted by molar-refractivity contribution is 4.74. The summed E-state index contributed by atoms with van der Waals surface area (Å²) in [7, 11) is 0. The maximum absolute atomic E-state index is 3.45. The summed E-state index contributed by atoms with van der Waals surface area (Å²) in [5, 5.41) is 3.45. The van der Waals surface area contributed by atoms with Crippen LogP contribution in [0.15, 0.2) is 0 Å². The third-order valence-corrected chi connectivity index (χ3v) is 2.87. The summed E-state index contributed by atoms with van der Waals surface area (Å²) < 4.78 is 0. The lowest BCUT2D eigenvalue weighted by molar-refractivity contribution is 0.201. The molecule has 0 aromatic carbocycles. The molecule has 0 amide bonds. The van der Waals surface area contributed by atoms with Gasteiger partial charge in [-0.3, -0.25) is 0 Å². The first-order chi connectivity index (χ1) is 5.88. The summed E-state index contributed by atoms with van der Waals surface area (Å²) in [6.45, 7) is 9.38. The third-order valence-electron chi connectivity index (χ3n) is 2.87. The summed E-state index contributed by atoms with van der Waals surface area (Å²) in [4.78, 5) is 2.59. The zero-order valence-corrected chi connectivity index (χ0v) is 8.47. The van der Waals surface area contributed by atoms with Crippen LogP contribution in [0.2, 0.25) is 0 Å². The Balaban J connectivity index is 2.35. The molecule has 0 aromatic rings. The van der Waals surface area contributed by atoms with Crippen LogP contribution >= 0.6 is 0 Å². The van der Waals surface area contributed by atoms with Crippen LogP contribution in [-0.4, -0.2) is 37.1 Å². The van der Waals surface area contributed by atoms with Gasteiger partial charge >= 0.3 is 0 Å². The maximum Gasteiger partial charge on any atom is 0.0108 e. The van der Waals surface area contributed by atoms with Crippen molar-refractivity contribution in [2.45, 2.75) is 39.2 Å². The van der Waals surface area contributed by atoms with Gasteiger partial charge in [0, 0.05) is 6.04 Å². The molecule has 0 spiro atoms. The smallest absolute Gasteiger partial charge is 0.0108 e. The van der Waals surface area contributed by atoms with Crippen LogP contribution in [0.3, 0.4) is 0 Å². The minimum Gasteiger partial charge on any atom is -0.317 e. The van der Waals surface area contributed by atoms with Crippen LogP contribution < -0.4 is 5.32 Å². The second-order valence-electron chi connectivity index (χ2n) is 3.56. The highest BCUT2D eigenvalue weighted by Gasteiger charge is 2.16. The topological polar surface area (TPSA) is 15.3 Å². The summed E-state index contributed by atoms with van der Waals surface area (Å²) in [6.07, 6.45) is 4.07. The van der Waals surface area contributed by atoms with Gasteiger partial charge in [-0.1, -0.05) is 13.8 Å². The van der Waals surface area contributed by atoms with E-state index in [1.54, 1.807) is 0 Å². The summed E-state index contributed by atoms with van der Waals surface area (Å²) in [6, 6.07) is 0.843. The first-order valence-electron chi connectivity index (χ1n) is 5.33. The lowest BCUT2D eigenvalue weighted by Gasteiger charge is -2.28. The molecule has 1 aliphatic heterocycles. The van der Waals surface area contributed by atoms with Gasteiger partial charge in [0.2, 0.25) is 0 Å². The monoisotopic (exact) mass is 170 g/mol. The van der Waals surface area contributed by atoms with Crippen molar-refractivity contribution in [3.63, 3.8) is 0 Å². The molecular weight excluding hydrogens is 148 g/mol. The van der Waals surface area contributed by atoms with E-state index in [4.69, 9.17) is 0 Å². The van der Waals surface area contributed by atoms with Crippen LogP contribution in [0.4, 0.5) is 0 Å². The summed E-state index contributed by atoms with van der Waals surface area (Å²) in [5.74, 6) is 0. The van der Waals surface area contributed by atoms with Gasteiger partial charge in [0.15, 0.2) is 0 Å². The van der Waals surface area contributed by atoms with Crippen molar-refractivity contribution in [3.8, 4) is 0 Å². The van der Waals surface area contributed by atoms with Gasteiger partial charge in [0.05, 0.1) is 0 Å². The van der Waals surface area contributed by atoms with E-state index in [2.05, 4.69) is 24.1 Å². The minimum absolute atomic E-state index is 0.843. The van der Waals surface area contributed by atoms with E-state index >= 15 is 0 Å². The molecule has 1 saturated heterocycles. The molecule has 1 atom stereocenters. The predicted octanol–water partition coefficient (Wildman–Crippen LogP) is 1.47. The van der Waals surface area contributed by atoms with Crippen molar-refractivity contribution in [1.29, 1.82) is 0 Å². The molecule has 1 fully saturated rings. The molecule has 0 aliphatic carbocycles. The SMILES string of the molecule is CCN(CC)C1CCCNCC1. The van der Waals surface area contributed by atoms with Crippen LogP contribution in [0, 0.1) is 0 Å². The van der Waals surface area contributed by atoms with E-state index in [0.29, 0.717) is 0 Å². The molecular formula is C10H22N2. The van der Waals surface area contributed by atoms with Crippen LogP contribution in [0.1, 0.15) is 33.1 Å². The lowest BCUT2D eigenvalue weighted by Crippen LogP contribution is -2.35. The number of nitrogens with zero attached hydrogens (tertiary/aromatic N) is 1. The first kappa shape index (κ1) is 10.0.